The molecule has 0 saturated heterocycles. The number of carbonyl (C=O) groups excluding carboxylic acids is 2. The molecule has 0 fully saturated rings. The Bertz CT molecular complexity index is 1490. The molecule has 1 N–H and O–H groups in total. The standard InChI is InChI=1S/C29H32N2O5/c1-6-18-20-12-17(32)8-10-23(20)30-26-21(18)14-31-24(26)13-22-19(27(31)34)9-11-25(33)29(22,7-2)36-28(35)16(5)15(3)4/h8,10,12-13,15-16,32H,6-7,9,11,14H2,1-5H3/t16?,29-/m0/s1. The second kappa shape index (κ2) is 8.57. The third-order valence-electron chi connectivity index (χ3n) is 8.13. The molecule has 0 amide bonds. The first-order valence-corrected chi connectivity index (χ1v) is 12.8. The van der Waals surface area contributed by atoms with Crippen LogP contribution in [0.25, 0.3) is 22.3 Å². The average molecular weight is 489 g/mol. The Kier molecular flexibility index (Phi) is 5.77. The van der Waals surface area contributed by atoms with Crippen molar-refractivity contribution >= 4 is 22.7 Å². The van der Waals surface area contributed by atoms with E-state index in [4.69, 9.17) is 9.72 Å². The van der Waals surface area contributed by atoms with E-state index in [1.807, 2.05) is 33.8 Å². The van der Waals surface area contributed by atoms with E-state index in [9.17, 15) is 19.5 Å². The molecule has 0 bridgehead atoms. The van der Waals surface area contributed by atoms with E-state index in [0.29, 0.717) is 35.5 Å². The second-order valence-electron chi connectivity index (χ2n) is 10.3. The molecule has 36 heavy (non-hydrogen) atoms. The highest BCUT2D eigenvalue weighted by Crippen LogP contribution is 2.43. The second-order valence-corrected chi connectivity index (χ2v) is 10.3. The predicted octanol–water partition coefficient (Wildman–Crippen LogP) is 4.65. The number of Topliss-reactive ketones (excluding diaryl/α,β-unsaturated/α-hetero) is 1. The van der Waals surface area contributed by atoms with Gasteiger partial charge in [-0.1, -0.05) is 34.6 Å². The number of aromatic nitrogens is 2. The Morgan fingerprint density at radius 3 is 2.56 bits per heavy atom. The number of rotatable bonds is 5. The van der Waals surface area contributed by atoms with Gasteiger partial charge in [0.1, 0.15) is 5.75 Å². The fourth-order valence-corrected chi connectivity index (χ4v) is 5.64. The van der Waals surface area contributed by atoms with E-state index in [-0.39, 0.29) is 41.8 Å². The van der Waals surface area contributed by atoms with Crippen LogP contribution in [0, 0.1) is 11.8 Å². The summed E-state index contributed by atoms with van der Waals surface area (Å²) in [7, 11) is 0. The first-order valence-electron chi connectivity index (χ1n) is 12.8. The van der Waals surface area contributed by atoms with Gasteiger partial charge in [0, 0.05) is 28.5 Å². The number of fused-ring (bicyclic) bond motifs is 5. The number of nitrogens with zero attached hydrogens (tertiary/aromatic N) is 2. The van der Waals surface area contributed by atoms with Crippen molar-refractivity contribution in [1.29, 1.82) is 0 Å². The maximum atomic E-state index is 13.8. The lowest BCUT2D eigenvalue weighted by Crippen LogP contribution is -2.47. The van der Waals surface area contributed by atoms with Gasteiger partial charge in [-0.2, -0.15) is 0 Å². The summed E-state index contributed by atoms with van der Waals surface area (Å²) < 4.78 is 7.76. The third-order valence-corrected chi connectivity index (χ3v) is 8.13. The van der Waals surface area contributed by atoms with Gasteiger partial charge in [-0.25, -0.2) is 4.98 Å². The minimum Gasteiger partial charge on any atom is -0.508 e. The number of benzene rings is 1. The van der Waals surface area contributed by atoms with Crippen LogP contribution < -0.4 is 5.56 Å². The van der Waals surface area contributed by atoms with Crippen LogP contribution in [0.4, 0.5) is 0 Å². The fraction of sp³-hybridized carbons (Fsp3) is 0.448. The largest absolute Gasteiger partial charge is 0.508 e. The maximum absolute atomic E-state index is 13.8. The van der Waals surface area contributed by atoms with E-state index >= 15 is 0 Å². The van der Waals surface area contributed by atoms with Crippen LogP contribution in [0.2, 0.25) is 0 Å². The van der Waals surface area contributed by atoms with Gasteiger partial charge in [0.05, 0.1) is 29.4 Å². The monoisotopic (exact) mass is 488 g/mol. The van der Waals surface area contributed by atoms with Crippen LogP contribution in [0.1, 0.15) is 69.7 Å². The van der Waals surface area contributed by atoms with Gasteiger partial charge >= 0.3 is 5.97 Å². The third kappa shape index (κ3) is 3.39. The first-order chi connectivity index (χ1) is 17.1. The molecule has 1 aliphatic heterocycles. The topological polar surface area (TPSA) is 98.5 Å². The smallest absolute Gasteiger partial charge is 0.310 e. The zero-order valence-corrected chi connectivity index (χ0v) is 21.5. The number of phenols is 1. The molecule has 188 valence electrons. The van der Waals surface area contributed by atoms with Crippen molar-refractivity contribution in [2.24, 2.45) is 11.8 Å². The van der Waals surface area contributed by atoms with Crippen molar-refractivity contribution in [1.82, 2.24) is 9.55 Å². The molecule has 3 heterocycles. The molecule has 0 radical (unpaired) electrons. The van der Waals surface area contributed by atoms with Crippen molar-refractivity contribution < 1.29 is 19.4 Å². The highest BCUT2D eigenvalue weighted by atomic mass is 16.6. The number of phenolic OH excluding ortho intramolecular Hbond substituents is 1. The van der Waals surface area contributed by atoms with Crippen LogP contribution in [-0.2, 0) is 39.3 Å². The summed E-state index contributed by atoms with van der Waals surface area (Å²) >= 11 is 0. The number of aromatic hydroxyl groups is 1. The molecule has 3 aromatic rings. The lowest BCUT2D eigenvalue weighted by molar-refractivity contribution is -0.175. The average Bonchev–Trinajstić information content (AvgIpc) is 3.22. The molecular formula is C29H32N2O5. The minimum absolute atomic E-state index is 0.0616. The quantitative estimate of drug-likeness (QED) is 0.411. The number of carbonyl (C=O) groups is 2. The Morgan fingerprint density at radius 2 is 1.89 bits per heavy atom. The highest BCUT2D eigenvalue weighted by molar-refractivity contribution is 5.94. The number of ether oxygens (including phenoxy) is 1. The van der Waals surface area contributed by atoms with Crippen molar-refractivity contribution in [3.8, 4) is 17.1 Å². The van der Waals surface area contributed by atoms with Crippen molar-refractivity contribution in [3.63, 3.8) is 0 Å². The van der Waals surface area contributed by atoms with Gasteiger partial charge < -0.3 is 14.4 Å². The number of pyridine rings is 2. The molecule has 1 aliphatic carbocycles. The van der Waals surface area contributed by atoms with Crippen LogP contribution >= 0.6 is 0 Å². The van der Waals surface area contributed by atoms with Gasteiger partial charge in [0.2, 0.25) is 0 Å². The summed E-state index contributed by atoms with van der Waals surface area (Å²) in [5, 5.41) is 10.9. The van der Waals surface area contributed by atoms with E-state index in [1.54, 1.807) is 29.7 Å². The van der Waals surface area contributed by atoms with Crippen molar-refractivity contribution in [3.05, 3.63) is 56.9 Å². The number of aryl methyl sites for hydroxylation is 1. The number of ketones is 1. The summed E-state index contributed by atoms with van der Waals surface area (Å²) in [6, 6.07) is 6.95. The number of hydrogen-bond acceptors (Lipinski definition) is 6. The molecular weight excluding hydrogens is 456 g/mol. The van der Waals surface area contributed by atoms with Crippen LogP contribution in [0.5, 0.6) is 5.75 Å². The Labute approximate surface area is 210 Å². The first kappa shape index (κ1) is 24.2. The van der Waals surface area contributed by atoms with Gasteiger partial charge in [0.15, 0.2) is 11.4 Å². The van der Waals surface area contributed by atoms with Gasteiger partial charge in [-0.05, 0) is 55.0 Å². The summed E-state index contributed by atoms with van der Waals surface area (Å²) in [5.74, 6) is -0.733. The maximum Gasteiger partial charge on any atom is 0.310 e. The molecule has 1 aromatic carbocycles. The van der Waals surface area contributed by atoms with E-state index in [1.165, 1.54) is 0 Å². The molecule has 5 rings (SSSR count). The molecule has 7 nitrogen and oxygen atoms in total. The summed E-state index contributed by atoms with van der Waals surface area (Å²) in [4.78, 5) is 45.1. The normalized spacial score (nSPS) is 19.2. The van der Waals surface area contributed by atoms with Gasteiger partial charge in [0.25, 0.3) is 5.56 Å². The lowest BCUT2D eigenvalue weighted by atomic mass is 9.76. The molecule has 0 spiro atoms. The van der Waals surface area contributed by atoms with Crippen LogP contribution in [-0.4, -0.2) is 26.4 Å². The highest BCUT2D eigenvalue weighted by Gasteiger charge is 2.48. The minimum atomic E-state index is -1.47. The number of esters is 1. The molecule has 2 atom stereocenters. The van der Waals surface area contributed by atoms with Crippen molar-refractivity contribution in [2.75, 3.05) is 0 Å². The van der Waals surface area contributed by atoms with Crippen LogP contribution in [0.15, 0.2) is 29.1 Å². The lowest BCUT2D eigenvalue weighted by Gasteiger charge is -2.37. The van der Waals surface area contributed by atoms with Crippen LogP contribution in [0.3, 0.4) is 0 Å². The van der Waals surface area contributed by atoms with Gasteiger partial charge in [-0.3, -0.25) is 14.4 Å². The van der Waals surface area contributed by atoms with E-state index in [0.717, 1.165) is 28.5 Å². The Balaban J connectivity index is 1.74. The summed E-state index contributed by atoms with van der Waals surface area (Å²) in [5.41, 5.74) is 3.48. The zero-order chi connectivity index (χ0) is 25.9. The van der Waals surface area contributed by atoms with E-state index < -0.39 is 11.6 Å². The SMILES string of the molecule is CCc1c2c(nc3ccc(O)cc13)-c1cc3c(c(=O)n1C2)CCC(=O)[C@@]3(CC)OC(=O)C(C)C(C)C. The predicted molar refractivity (Wildman–Crippen MR) is 137 cm³/mol. The fourth-order valence-electron chi connectivity index (χ4n) is 5.64. The Hall–Kier alpha value is -3.48. The molecule has 2 aromatic heterocycles. The molecule has 7 heteroatoms. The number of hydrogen-bond donors (Lipinski definition) is 1. The molecule has 0 saturated carbocycles. The summed E-state index contributed by atoms with van der Waals surface area (Å²) in [6.07, 6.45) is 1.46. The summed E-state index contributed by atoms with van der Waals surface area (Å²) in [6.45, 7) is 9.95. The zero-order valence-electron chi connectivity index (χ0n) is 21.5. The van der Waals surface area contributed by atoms with Crippen molar-refractivity contribution in [2.45, 2.75) is 72.4 Å². The molecule has 2 aliphatic rings. The molecule has 1 unspecified atom stereocenters. The Morgan fingerprint density at radius 1 is 1.14 bits per heavy atom. The van der Waals surface area contributed by atoms with Gasteiger partial charge in [-0.15, -0.1) is 0 Å². The van der Waals surface area contributed by atoms with E-state index in [2.05, 4.69) is 0 Å².